The molecule has 6 nitrogen and oxygen atoms in total. The number of piperidine rings is 1. The van der Waals surface area contributed by atoms with Crippen LogP contribution in [0.2, 0.25) is 0 Å². The summed E-state index contributed by atoms with van der Waals surface area (Å²) in [6.07, 6.45) is 2.73. The number of ether oxygens (including phenoxy) is 1. The monoisotopic (exact) mass is 336 g/mol. The molecule has 1 aliphatic heterocycles. The Hall–Kier alpha value is -1.63. The Bertz CT molecular complexity index is 536. The second-order valence-electron chi connectivity index (χ2n) is 6.53. The van der Waals surface area contributed by atoms with E-state index in [0.717, 1.165) is 18.6 Å². The lowest BCUT2D eigenvalue weighted by Gasteiger charge is -2.42. The van der Waals surface area contributed by atoms with Crippen molar-refractivity contribution < 1.29 is 19.7 Å². The van der Waals surface area contributed by atoms with E-state index < -0.39 is 17.1 Å². The van der Waals surface area contributed by atoms with Gasteiger partial charge in [0.25, 0.3) is 5.91 Å². The lowest BCUT2D eigenvalue weighted by Crippen LogP contribution is -2.62. The molecule has 0 radical (unpaired) electrons. The van der Waals surface area contributed by atoms with Gasteiger partial charge in [0.05, 0.1) is 6.61 Å². The maximum absolute atomic E-state index is 12.5. The van der Waals surface area contributed by atoms with E-state index in [1.54, 1.807) is 24.3 Å². The highest BCUT2D eigenvalue weighted by Gasteiger charge is 2.51. The molecule has 134 valence electrons. The lowest BCUT2D eigenvalue weighted by atomic mass is 9.77. The average Bonchev–Trinajstić information content (AvgIpc) is 2.57. The number of aliphatic hydroxyl groups is 2. The van der Waals surface area contributed by atoms with E-state index in [4.69, 9.17) is 4.74 Å². The zero-order valence-corrected chi connectivity index (χ0v) is 14.5. The summed E-state index contributed by atoms with van der Waals surface area (Å²) in [7, 11) is 0. The third-order valence-corrected chi connectivity index (χ3v) is 4.66. The van der Waals surface area contributed by atoms with Crippen LogP contribution in [0.5, 0.6) is 5.75 Å². The molecule has 2 rings (SSSR count). The molecule has 24 heavy (non-hydrogen) atoms. The van der Waals surface area contributed by atoms with Gasteiger partial charge < -0.3 is 25.6 Å². The van der Waals surface area contributed by atoms with Gasteiger partial charge in [-0.3, -0.25) is 4.79 Å². The lowest BCUT2D eigenvalue weighted by molar-refractivity contribution is -0.172. The summed E-state index contributed by atoms with van der Waals surface area (Å²) in [6, 6.07) is 7.00. The number of carbonyl (C=O) groups is 1. The van der Waals surface area contributed by atoms with Crippen LogP contribution in [0.4, 0.5) is 5.69 Å². The predicted octanol–water partition coefficient (Wildman–Crippen LogP) is 1.67. The smallest absolute Gasteiger partial charge is 0.259 e. The van der Waals surface area contributed by atoms with E-state index >= 15 is 0 Å². The topological polar surface area (TPSA) is 90.8 Å². The molecule has 0 spiro atoms. The van der Waals surface area contributed by atoms with Crippen LogP contribution >= 0.6 is 0 Å². The zero-order valence-electron chi connectivity index (χ0n) is 14.5. The minimum Gasteiger partial charge on any atom is -0.494 e. The molecular weight excluding hydrogens is 308 g/mol. The van der Waals surface area contributed by atoms with Crippen molar-refractivity contribution >= 4 is 11.6 Å². The van der Waals surface area contributed by atoms with Crippen molar-refractivity contribution in [2.75, 3.05) is 25.0 Å². The average molecular weight is 336 g/mol. The third-order valence-electron chi connectivity index (χ3n) is 4.66. The molecule has 0 bridgehead atoms. The number of nitrogens with one attached hydrogen (secondary N) is 2. The second-order valence-corrected chi connectivity index (χ2v) is 6.53. The van der Waals surface area contributed by atoms with Crippen molar-refractivity contribution in [1.82, 2.24) is 5.32 Å². The van der Waals surface area contributed by atoms with Gasteiger partial charge in [0.2, 0.25) is 0 Å². The molecular formula is C18H28N2O4. The highest BCUT2D eigenvalue weighted by molar-refractivity contribution is 5.97. The van der Waals surface area contributed by atoms with Gasteiger partial charge in [-0.1, -0.05) is 13.3 Å². The minimum atomic E-state index is -1.86. The van der Waals surface area contributed by atoms with Crippen LogP contribution < -0.4 is 15.4 Å². The zero-order chi connectivity index (χ0) is 17.6. The Balaban J connectivity index is 1.97. The van der Waals surface area contributed by atoms with Gasteiger partial charge in [0.15, 0.2) is 5.60 Å². The standard InChI is InChI=1S/C18H28N2O4/c1-3-4-13-24-15-7-5-14(6-8-15)20-16(21)17(2,22)18(23)9-11-19-12-10-18/h5-8,19,22-23H,3-4,9-13H2,1-2H3,(H,20,21). The molecule has 6 heteroatoms. The van der Waals surface area contributed by atoms with Crippen molar-refractivity contribution in [1.29, 1.82) is 0 Å². The maximum Gasteiger partial charge on any atom is 0.259 e. The highest BCUT2D eigenvalue weighted by atomic mass is 16.5. The minimum absolute atomic E-state index is 0.331. The first-order valence-electron chi connectivity index (χ1n) is 8.59. The first kappa shape index (κ1) is 18.7. The van der Waals surface area contributed by atoms with E-state index in [2.05, 4.69) is 17.6 Å². The van der Waals surface area contributed by atoms with E-state index in [9.17, 15) is 15.0 Å². The third kappa shape index (κ3) is 4.26. The summed E-state index contributed by atoms with van der Waals surface area (Å²) < 4.78 is 5.58. The van der Waals surface area contributed by atoms with Crippen LogP contribution in [0.15, 0.2) is 24.3 Å². The fraction of sp³-hybridized carbons (Fsp3) is 0.611. The number of anilines is 1. The van der Waals surface area contributed by atoms with Crippen molar-refractivity contribution in [3.8, 4) is 5.75 Å². The quantitative estimate of drug-likeness (QED) is 0.569. The predicted molar refractivity (Wildman–Crippen MR) is 93.2 cm³/mol. The van der Waals surface area contributed by atoms with E-state index in [1.807, 2.05) is 0 Å². The molecule has 1 amide bonds. The Morgan fingerprint density at radius 1 is 1.33 bits per heavy atom. The Kier molecular flexibility index (Phi) is 6.21. The number of carbonyl (C=O) groups excluding carboxylic acids is 1. The number of rotatable bonds is 7. The number of amides is 1. The Morgan fingerprint density at radius 2 is 1.96 bits per heavy atom. The molecule has 0 aliphatic carbocycles. The van der Waals surface area contributed by atoms with Crippen LogP contribution in [0, 0.1) is 0 Å². The Labute approximate surface area is 143 Å². The molecule has 1 aromatic carbocycles. The molecule has 1 fully saturated rings. The Morgan fingerprint density at radius 3 is 2.54 bits per heavy atom. The highest BCUT2D eigenvalue weighted by Crippen LogP contribution is 2.32. The largest absolute Gasteiger partial charge is 0.494 e. The summed E-state index contributed by atoms with van der Waals surface area (Å²) >= 11 is 0. The summed E-state index contributed by atoms with van der Waals surface area (Å²) in [5.74, 6) is 0.136. The van der Waals surface area contributed by atoms with E-state index in [1.165, 1.54) is 6.92 Å². The molecule has 0 aromatic heterocycles. The van der Waals surface area contributed by atoms with Gasteiger partial charge in [-0.15, -0.1) is 0 Å². The molecule has 1 aliphatic rings. The molecule has 1 unspecified atom stereocenters. The maximum atomic E-state index is 12.5. The van der Waals surface area contributed by atoms with Crippen molar-refractivity contribution in [2.24, 2.45) is 0 Å². The first-order chi connectivity index (χ1) is 11.4. The second kappa shape index (κ2) is 7.96. The van der Waals surface area contributed by atoms with Crippen LogP contribution in [-0.4, -0.2) is 47.0 Å². The van der Waals surface area contributed by atoms with Gasteiger partial charge in [0, 0.05) is 5.69 Å². The number of hydrogen-bond donors (Lipinski definition) is 4. The van der Waals surface area contributed by atoms with Crippen molar-refractivity contribution in [2.45, 2.75) is 50.7 Å². The summed E-state index contributed by atoms with van der Waals surface area (Å²) in [4.78, 5) is 12.5. The molecule has 0 saturated carbocycles. The summed E-state index contributed by atoms with van der Waals surface area (Å²) in [5.41, 5.74) is -2.72. The van der Waals surface area contributed by atoms with Crippen molar-refractivity contribution in [3.05, 3.63) is 24.3 Å². The number of unbranched alkanes of at least 4 members (excludes halogenated alkanes) is 1. The van der Waals surface area contributed by atoms with Gasteiger partial charge in [-0.2, -0.15) is 0 Å². The summed E-state index contributed by atoms with van der Waals surface area (Å²) in [6.45, 7) is 5.28. The van der Waals surface area contributed by atoms with Gasteiger partial charge in [-0.25, -0.2) is 0 Å². The molecule has 1 heterocycles. The number of hydrogen-bond acceptors (Lipinski definition) is 5. The fourth-order valence-corrected chi connectivity index (χ4v) is 2.76. The van der Waals surface area contributed by atoms with Crippen molar-refractivity contribution in [3.63, 3.8) is 0 Å². The molecule has 1 saturated heterocycles. The first-order valence-corrected chi connectivity index (χ1v) is 8.59. The molecule has 1 atom stereocenters. The van der Waals surface area contributed by atoms with Gasteiger partial charge in [-0.05, 0) is 63.5 Å². The van der Waals surface area contributed by atoms with Crippen LogP contribution in [0.25, 0.3) is 0 Å². The molecule has 1 aromatic rings. The SMILES string of the molecule is CCCCOc1ccc(NC(=O)C(C)(O)C2(O)CCNCC2)cc1. The fourth-order valence-electron chi connectivity index (χ4n) is 2.76. The van der Waals surface area contributed by atoms with Crippen LogP contribution in [-0.2, 0) is 4.79 Å². The summed E-state index contributed by atoms with van der Waals surface area (Å²) in [5, 5.41) is 27.0. The van der Waals surface area contributed by atoms with Gasteiger partial charge >= 0.3 is 0 Å². The van der Waals surface area contributed by atoms with Gasteiger partial charge in [0.1, 0.15) is 11.4 Å². The number of benzene rings is 1. The molecule has 4 N–H and O–H groups in total. The van der Waals surface area contributed by atoms with Crippen LogP contribution in [0.1, 0.15) is 39.5 Å². The van der Waals surface area contributed by atoms with E-state index in [-0.39, 0.29) is 0 Å². The van der Waals surface area contributed by atoms with Crippen LogP contribution in [0.3, 0.4) is 0 Å². The van der Waals surface area contributed by atoms with E-state index in [0.29, 0.717) is 38.2 Å². The normalized spacial score (nSPS) is 19.3.